The van der Waals surface area contributed by atoms with Gasteiger partial charge in [-0.05, 0) is 50.2 Å². The van der Waals surface area contributed by atoms with Crippen molar-refractivity contribution in [1.82, 2.24) is 0 Å². The fraction of sp³-hybridized carbons (Fsp3) is 0.688. The quantitative estimate of drug-likeness (QED) is 0.537. The number of ether oxygens (including phenoxy) is 2. The first-order valence-electron chi connectivity index (χ1n) is 7.47. The molecule has 2 aliphatic heterocycles. The lowest BCUT2D eigenvalue weighted by Gasteiger charge is -2.44. The Kier molecular flexibility index (Phi) is 2.36. The Morgan fingerprint density at radius 2 is 2.26 bits per heavy atom. The van der Waals surface area contributed by atoms with Gasteiger partial charge >= 0.3 is 5.97 Å². The summed E-state index contributed by atoms with van der Waals surface area (Å²) in [5, 5.41) is 0. The van der Waals surface area contributed by atoms with E-state index in [-0.39, 0.29) is 17.8 Å². The summed E-state index contributed by atoms with van der Waals surface area (Å²) in [4.78, 5) is 12.3. The van der Waals surface area contributed by atoms with Crippen LogP contribution in [0.3, 0.4) is 0 Å². The predicted octanol–water partition coefficient (Wildman–Crippen LogP) is 2.97. The summed E-state index contributed by atoms with van der Waals surface area (Å²) in [5.74, 6) is 1.90. The van der Waals surface area contributed by atoms with Gasteiger partial charge in [0, 0.05) is 11.8 Å². The maximum Gasteiger partial charge on any atom is 0.310 e. The lowest BCUT2D eigenvalue weighted by atomic mass is 9.62. The molecule has 3 nitrogen and oxygen atoms in total. The van der Waals surface area contributed by atoms with Gasteiger partial charge in [0.1, 0.15) is 5.60 Å². The first-order chi connectivity index (χ1) is 9.25. The summed E-state index contributed by atoms with van der Waals surface area (Å²) >= 11 is 0. The summed E-state index contributed by atoms with van der Waals surface area (Å²) < 4.78 is 11.8. The van der Waals surface area contributed by atoms with E-state index < -0.39 is 5.60 Å². The molecule has 0 aromatic heterocycles. The topological polar surface area (TPSA) is 35.5 Å². The van der Waals surface area contributed by atoms with E-state index in [2.05, 4.69) is 6.58 Å². The lowest BCUT2D eigenvalue weighted by Crippen LogP contribution is -2.43. The summed E-state index contributed by atoms with van der Waals surface area (Å²) in [5.41, 5.74) is 0.937. The van der Waals surface area contributed by atoms with Crippen molar-refractivity contribution in [1.29, 1.82) is 0 Å². The monoisotopic (exact) mass is 260 g/mol. The second kappa shape index (κ2) is 3.87. The minimum Gasteiger partial charge on any atom is -0.498 e. The Morgan fingerprint density at radius 3 is 3.11 bits per heavy atom. The first kappa shape index (κ1) is 11.6. The molecule has 102 valence electrons. The van der Waals surface area contributed by atoms with E-state index in [0.29, 0.717) is 5.92 Å². The largest absolute Gasteiger partial charge is 0.498 e. The van der Waals surface area contributed by atoms with Crippen molar-refractivity contribution in [3.8, 4) is 0 Å². The molecule has 0 unspecified atom stereocenters. The van der Waals surface area contributed by atoms with Crippen LogP contribution in [0.1, 0.15) is 38.5 Å². The molecule has 2 heterocycles. The van der Waals surface area contributed by atoms with Crippen molar-refractivity contribution >= 4 is 5.97 Å². The molecular formula is C16H20O3. The Morgan fingerprint density at radius 1 is 1.37 bits per heavy atom. The van der Waals surface area contributed by atoms with E-state index in [0.717, 1.165) is 45.1 Å². The Bertz CT molecular complexity index is 478. The first-order valence-corrected chi connectivity index (χ1v) is 7.47. The highest BCUT2D eigenvalue weighted by Crippen LogP contribution is 2.57. The number of fused-ring (bicyclic) bond motifs is 1. The van der Waals surface area contributed by atoms with Crippen molar-refractivity contribution in [2.24, 2.45) is 17.8 Å². The molecule has 3 fully saturated rings. The van der Waals surface area contributed by atoms with Gasteiger partial charge in [0.15, 0.2) is 0 Å². The molecular weight excluding hydrogens is 240 g/mol. The smallest absolute Gasteiger partial charge is 0.310 e. The standard InChI is InChI=1S/C16H20O3/c1-2-16-7-3-6-11-13(16)12(15(17)19-16)9-10-5-4-8-18-14(10)11/h2,10,12-13H,1,3-9H2/t10-,12+,13-,16-/m1/s1. The third kappa shape index (κ3) is 1.41. The molecule has 0 aromatic carbocycles. The van der Waals surface area contributed by atoms with Gasteiger partial charge in [-0.3, -0.25) is 4.79 Å². The number of carbonyl (C=O) groups is 1. The van der Waals surface area contributed by atoms with Crippen LogP contribution in [0.5, 0.6) is 0 Å². The van der Waals surface area contributed by atoms with Crippen LogP contribution in [-0.4, -0.2) is 18.2 Å². The van der Waals surface area contributed by atoms with Gasteiger partial charge in [-0.25, -0.2) is 0 Å². The van der Waals surface area contributed by atoms with Crippen LogP contribution in [0.25, 0.3) is 0 Å². The molecule has 0 bridgehead atoms. The van der Waals surface area contributed by atoms with Gasteiger partial charge in [0.2, 0.25) is 0 Å². The Hall–Kier alpha value is -1.25. The average Bonchev–Trinajstić information content (AvgIpc) is 2.74. The van der Waals surface area contributed by atoms with Gasteiger partial charge in [0.25, 0.3) is 0 Å². The van der Waals surface area contributed by atoms with Gasteiger partial charge in [0.05, 0.1) is 18.3 Å². The number of allylic oxidation sites excluding steroid dienone is 1. The highest BCUT2D eigenvalue weighted by atomic mass is 16.6. The van der Waals surface area contributed by atoms with Crippen LogP contribution in [-0.2, 0) is 14.3 Å². The number of rotatable bonds is 1. The van der Waals surface area contributed by atoms with E-state index in [1.165, 1.54) is 11.3 Å². The van der Waals surface area contributed by atoms with Crippen LogP contribution < -0.4 is 0 Å². The molecule has 2 saturated heterocycles. The van der Waals surface area contributed by atoms with E-state index in [9.17, 15) is 4.79 Å². The molecule has 3 heteroatoms. The van der Waals surface area contributed by atoms with Gasteiger partial charge < -0.3 is 9.47 Å². The van der Waals surface area contributed by atoms with Gasteiger partial charge in [-0.1, -0.05) is 6.58 Å². The molecule has 0 amide bonds. The van der Waals surface area contributed by atoms with Crippen molar-refractivity contribution in [2.75, 3.05) is 6.61 Å². The van der Waals surface area contributed by atoms with Crippen LogP contribution in [0.2, 0.25) is 0 Å². The summed E-state index contributed by atoms with van der Waals surface area (Å²) in [6.07, 6.45) is 8.12. The van der Waals surface area contributed by atoms with E-state index in [1.54, 1.807) is 0 Å². The zero-order valence-electron chi connectivity index (χ0n) is 11.2. The summed E-state index contributed by atoms with van der Waals surface area (Å²) in [6.45, 7) is 4.78. The van der Waals surface area contributed by atoms with Gasteiger partial charge in [-0.2, -0.15) is 0 Å². The highest BCUT2D eigenvalue weighted by molar-refractivity contribution is 5.78. The molecule has 0 spiro atoms. The Balaban J connectivity index is 1.85. The van der Waals surface area contributed by atoms with Crippen molar-refractivity contribution in [3.63, 3.8) is 0 Å². The maximum absolute atomic E-state index is 12.3. The zero-order chi connectivity index (χ0) is 13.0. The van der Waals surface area contributed by atoms with E-state index >= 15 is 0 Å². The SMILES string of the molecule is C=C[C@]12CCCC3=C4OCCC[C@@H]4C[C@H](C(=O)O1)[C@@H]32. The highest BCUT2D eigenvalue weighted by Gasteiger charge is 2.60. The third-order valence-corrected chi connectivity index (χ3v) is 5.44. The number of esters is 1. The fourth-order valence-corrected chi connectivity index (χ4v) is 4.68. The van der Waals surface area contributed by atoms with E-state index in [1.807, 2.05) is 6.08 Å². The number of carbonyl (C=O) groups excluding carboxylic acids is 1. The molecule has 4 aliphatic rings. The fourth-order valence-electron chi connectivity index (χ4n) is 4.68. The maximum atomic E-state index is 12.3. The van der Waals surface area contributed by atoms with Crippen molar-refractivity contribution < 1.29 is 14.3 Å². The summed E-state index contributed by atoms with van der Waals surface area (Å²) in [6, 6.07) is 0. The predicted molar refractivity (Wildman–Crippen MR) is 70.2 cm³/mol. The van der Waals surface area contributed by atoms with Crippen LogP contribution in [0.15, 0.2) is 24.0 Å². The summed E-state index contributed by atoms with van der Waals surface area (Å²) in [7, 11) is 0. The molecule has 4 rings (SSSR count). The third-order valence-electron chi connectivity index (χ3n) is 5.44. The second-order valence-electron chi connectivity index (χ2n) is 6.33. The second-order valence-corrected chi connectivity index (χ2v) is 6.33. The molecule has 19 heavy (non-hydrogen) atoms. The molecule has 0 aromatic rings. The normalized spacial score (nSPS) is 44.0. The van der Waals surface area contributed by atoms with Crippen molar-refractivity contribution in [2.45, 2.75) is 44.1 Å². The lowest BCUT2D eigenvalue weighted by molar-refractivity contribution is -0.148. The molecule has 0 radical (unpaired) electrons. The van der Waals surface area contributed by atoms with E-state index in [4.69, 9.17) is 9.47 Å². The number of hydrogen-bond acceptors (Lipinski definition) is 3. The Labute approximate surface area is 113 Å². The van der Waals surface area contributed by atoms with Crippen LogP contribution in [0, 0.1) is 17.8 Å². The minimum atomic E-state index is -0.436. The molecule has 0 N–H and O–H groups in total. The molecule has 1 saturated carbocycles. The molecule has 2 aliphatic carbocycles. The molecule has 4 atom stereocenters. The zero-order valence-corrected chi connectivity index (χ0v) is 11.2. The average molecular weight is 260 g/mol. The number of hydrogen-bond donors (Lipinski definition) is 0. The van der Waals surface area contributed by atoms with Crippen LogP contribution in [0.4, 0.5) is 0 Å². The minimum absolute atomic E-state index is 0.00563. The van der Waals surface area contributed by atoms with Gasteiger partial charge in [-0.15, -0.1) is 0 Å². The van der Waals surface area contributed by atoms with Crippen LogP contribution >= 0.6 is 0 Å². The van der Waals surface area contributed by atoms with Crippen molar-refractivity contribution in [3.05, 3.63) is 24.0 Å².